The molecule has 0 spiro atoms. The van der Waals surface area contributed by atoms with Gasteiger partial charge in [-0.3, -0.25) is 0 Å². The average molecular weight is 278 g/mol. The number of hydrogen-bond acceptors (Lipinski definition) is 3. The van der Waals surface area contributed by atoms with Gasteiger partial charge in [0.1, 0.15) is 0 Å². The van der Waals surface area contributed by atoms with Gasteiger partial charge in [0.25, 0.3) is 10.2 Å². The van der Waals surface area contributed by atoms with Crippen molar-refractivity contribution in [1.29, 1.82) is 0 Å². The number of rotatable bonds is 5. The molecule has 0 aromatic carbocycles. The first kappa shape index (κ1) is 15.9. The zero-order chi connectivity index (χ0) is 13.9. The number of aliphatic hydroxyl groups is 1. The Morgan fingerprint density at radius 1 is 1.33 bits per heavy atom. The minimum Gasteiger partial charge on any atom is -0.396 e. The molecule has 1 rings (SSSR count). The Morgan fingerprint density at radius 2 is 1.94 bits per heavy atom. The molecule has 0 amide bonds. The van der Waals surface area contributed by atoms with Crippen LogP contribution in [0.2, 0.25) is 0 Å². The maximum atomic E-state index is 12.5. The largest absolute Gasteiger partial charge is 0.396 e. The second kappa shape index (κ2) is 6.32. The smallest absolute Gasteiger partial charge is 0.281 e. The van der Waals surface area contributed by atoms with Crippen LogP contribution < -0.4 is 0 Å². The van der Waals surface area contributed by atoms with Crippen molar-refractivity contribution in [3.63, 3.8) is 0 Å². The summed E-state index contributed by atoms with van der Waals surface area (Å²) in [5, 5.41) is 8.79. The lowest BCUT2D eigenvalue weighted by Gasteiger charge is -2.41. The minimum absolute atomic E-state index is 0.0161. The molecule has 0 bridgehead atoms. The van der Waals surface area contributed by atoms with Gasteiger partial charge in [0.05, 0.1) is 0 Å². The monoisotopic (exact) mass is 278 g/mol. The van der Waals surface area contributed by atoms with Gasteiger partial charge in [-0.2, -0.15) is 17.0 Å². The van der Waals surface area contributed by atoms with Gasteiger partial charge >= 0.3 is 0 Å². The fourth-order valence-electron chi connectivity index (χ4n) is 2.56. The predicted octanol–water partition coefficient (Wildman–Crippen LogP) is 0.912. The molecule has 0 saturated carbocycles. The van der Waals surface area contributed by atoms with Crippen LogP contribution in [-0.4, -0.2) is 54.9 Å². The van der Waals surface area contributed by atoms with Crippen LogP contribution in [0, 0.1) is 11.8 Å². The van der Waals surface area contributed by atoms with Gasteiger partial charge < -0.3 is 5.11 Å². The zero-order valence-electron chi connectivity index (χ0n) is 11.8. The van der Waals surface area contributed by atoms with Crippen LogP contribution in [0.1, 0.15) is 33.6 Å². The Bertz CT molecular complexity index is 358. The van der Waals surface area contributed by atoms with Crippen LogP contribution in [-0.2, 0) is 10.2 Å². The van der Waals surface area contributed by atoms with Gasteiger partial charge in [-0.15, -0.1) is 0 Å². The van der Waals surface area contributed by atoms with E-state index in [9.17, 15) is 8.42 Å². The number of hydrogen-bond donors (Lipinski definition) is 1. The molecular formula is C12H26N2O3S. The van der Waals surface area contributed by atoms with E-state index in [1.54, 1.807) is 11.4 Å². The van der Waals surface area contributed by atoms with E-state index in [1.165, 1.54) is 4.31 Å². The molecule has 0 aliphatic carbocycles. The summed E-state index contributed by atoms with van der Waals surface area (Å²) in [7, 11) is -1.81. The van der Waals surface area contributed by atoms with Crippen LogP contribution in [0.3, 0.4) is 0 Å². The number of aliphatic hydroxyl groups excluding tert-OH is 1. The topological polar surface area (TPSA) is 60.9 Å². The highest BCUT2D eigenvalue weighted by Crippen LogP contribution is 2.29. The second-order valence-electron chi connectivity index (χ2n) is 5.53. The first-order valence-corrected chi connectivity index (χ1v) is 8.04. The first-order chi connectivity index (χ1) is 8.30. The molecule has 1 aliphatic heterocycles. The molecule has 0 radical (unpaired) electrons. The standard InChI is InChI=1S/C12H26N2O3S/c1-10-8-11(2)12(3)14(9-10)18(16,17)13(4)6-5-7-15/h10-12,15H,5-9H2,1-4H3. The molecule has 5 nitrogen and oxygen atoms in total. The fraction of sp³-hybridized carbons (Fsp3) is 1.00. The van der Waals surface area contributed by atoms with Crippen LogP contribution in [0.25, 0.3) is 0 Å². The molecule has 3 atom stereocenters. The molecule has 1 aliphatic rings. The van der Waals surface area contributed by atoms with Crippen LogP contribution in [0.4, 0.5) is 0 Å². The Morgan fingerprint density at radius 3 is 2.50 bits per heavy atom. The lowest BCUT2D eigenvalue weighted by atomic mass is 9.88. The van der Waals surface area contributed by atoms with Crippen molar-refractivity contribution in [2.24, 2.45) is 11.8 Å². The van der Waals surface area contributed by atoms with E-state index in [0.717, 1.165) is 6.42 Å². The number of nitrogens with zero attached hydrogens (tertiary/aromatic N) is 2. The third-order valence-electron chi connectivity index (χ3n) is 3.86. The average Bonchev–Trinajstić information content (AvgIpc) is 2.30. The van der Waals surface area contributed by atoms with E-state index in [1.807, 2.05) is 6.92 Å². The summed E-state index contributed by atoms with van der Waals surface area (Å²) in [6.07, 6.45) is 1.55. The molecule has 108 valence electrons. The zero-order valence-corrected chi connectivity index (χ0v) is 12.7. The van der Waals surface area contributed by atoms with Crippen molar-refractivity contribution in [1.82, 2.24) is 8.61 Å². The van der Waals surface area contributed by atoms with Crippen molar-refractivity contribution >= 4 is 10.2 Å². The summed E-state index contributed by atoms with van der Waals surface area (Å²) in [5.74, 6) is 0.784. The van der Waals surface area contributed by atoms with E-state index < -0.39 is 10.2 Å². The van der Waals surface area contributed by atoms with E-state index in [0.29, 0.717) is 31.3 Å². The Labute approximate surface area is 111 Å². The maximum absolute atomic E-state index is 12.5. The van der Waals surface area contributed by atoms with Crippen LogP contribution in [0.5, 0.6) is 0 Å². The highest BCUT2D eigenvalue weighted by Gasteiger charge is 2.38. The lowest BCUT2D eigenvalue weighted by molar-refractivity contribution is 0.149. The highest BCUT2D eigenvalue weighted by atomic mass is 32.2. The third-order valence-corrected chi connectivity index (χ3v) is 5.91. The van der Waals surface area contributed by atoms with Gasteiger partial charge in [0.15, 0.2) is 0 Å². The van der Waals surface area contributed by atoms with Gasteiger partial charge in [-0.05, 0) is 31.6 Å². The van der Waals surface area contributed by atoms with Crippen molar-refractivity contribution in [2.75, 3.05) is 26.7 Å². The summed E-state index contributed by atoms with van der Waals surface area (Å²) < 4.78 is 27.9. The van der Waals surface area contributed by atoms with E-state index in [-0.39, 0.29) is 12.6 Å². The molecule has 1 N–H and O–H groups in total. The molecule has 6 heteroatoms. The van der Waals surface area contributed by atoms with Gasteiger partial charge in [-0.1, -0.05) is 13.8 Å². The summed E-state index contributed by atoms with van der Waals surface area (Å²) in [5.41, 5.74) is 0. The molecule has 1 heterocycles. The van der Waals surface area contributed by atoms with Crippen molar-refractivity contribution in [3.05, 3.63) is 0 Å². The van der Waals surface area contributed by atoms with Crippen molar-refractivity contribution in [2.45, 2.75) is 39.7 Å². The van der Waals surface area contributed by atoms with Crippen LogP contribution in [0.15, 0.2) is 0 Å². The predicted molar refractivity (Wildman–Crippen MR) is 72.4 cm³/mol. The molecule has 0 aromatic heterocycles. The van der Waals surface area contributed by atoms with Gasteiger partial charge in [0, 0.05) is 32.8 Å². The van der Waals surface area contributed by atoms with Crippen LogP contribution >= 0.6 is 0 Å². The number of piperidine rings is 1. The third kappa shape index (κ3) is 3.44. The maximum Gasteiger partial charge on any atom is 0.281 e. The molecule has 18 heavy (non-hydrogen) atoms. The Hall–Kier alpha value is -0.170. The molecule has 1 fully saturated rings. The van der Waals surface area contributed by atoms with Gasteiger partial charge in [0.2, 0.25) is 0 Å². The summed E-state index contributed by atoms with van der Waals surface area (Å²) in [4.78, 5) is 0. The minimum atomic E-state index is -3.39. The quantitative estimate of drug-likeness (QED) is 0.813. The molecule has 3 unspecified atom stereocenters. The Kier molecular flexibility index (Phi) is 5.58. The molecular weight excluding hydrogens is 252 g/mol. The molecule has 1 saturated heterocycles. The van der Waals surface area contributed by atoms with E-state index in [4.69, 9.17) is 5.11 Å². The van der Waals surface area contributed by atoms with Crippen molar-refractivity contribution < 1.29 is 13.5 Å². The molecule has 0 aromatic rings. The van der Waals surface area contributed by atoms with Crippen molar-refractivity contribution in [3.8, 4) is 0 Å². The van der Waals surface area contributed by atoms with E-state index >= 15 is 0 Å². The summed E-state index contributed by atoms with van der Waals surface area (Å²) in [6, 6.07) is 0.0442. The fourth-order valence-corrected chi connectivity index (χ4v) is 4.34. The van der Waals surface area contributed by atoms with E-state index in [2.05, 4.69) is 13.8 Å². The summed E-state index contributed by atoms with van der Waals surface area (Å²) in [6.45, 7) is 7.16. The lowest BCUT2D eigenvalue weighted by Crippen LogP contribution is -2.53. The highest BCUT2D eigenvalue weighted by molar-refractivity contribution is 7.86. The second-order valence-corrected chi connectivity index (χ2v) is 7.52. The van der Waals surface area contributed by atoms with Gasteiger partial charge in [-0.25, -0.2) is 0 Å². The summed E-state index contributed by atoms with van der Waals surface area (Å²) >= 11 is 0. The Balaban J connectivity index is 2.82. The first-order valence-electron chi connectivity index (χ1n) is 6.64. The normalized spacial score (nSPS) is 30.9. The SMILES string of the molecule is CC1CC(C)C(C)N(S(=O)(=O)N(C)CCCO)C1.